The average Bonchev–Trinajstić information content (AvgIpc) is 2.74. The highest BCUT2D eigenvalue weighted by atomic mass is 16.5. The molecule has 2 aromatic rings. The molecule has 0 unspecified atom stereocenters. The Balaban J connectivity index is 2.22. The minimum atomic E-state index is -0.536. The topological polar surface area (TPSA) is 66.8 Å². The normalized spacial score (nSPS) is 10.2. The van der Waals surface area contributed by atoms with Gasteiger partial charge >= 0.3 is 5.97 Å². The summed E-state index contributed by atoms with van der Waals surface area (Å²) in [7, 11) is 0. The summed E-state index contributed by atoms with van der Waals surface area (Å²) in [5, 5.41) is 10.4. The zero-order valence-electron chi connectivity index (χ0n) is 16.8. The van der Waals surface area contributed by atoms with Gasteiger partial charge < -0.3 is 14.7 Å². The Kier molecular flexibility index (Phi) is 8.22. The molecule has 0 aliphatic heterocycles. The summed E-state index contributed by atoms with van der Waals surface area (Å²) in [6, 6.07) is 11.1. The van der Waals surface area contributed by atoms with E-state index in [2.05, 4.69) is 20.1 Å². The first-order valence-corrected chi connectivity index (χ1v) is 9.70. The summed E-state index contributed by atoms with van der Waals surface area (Å²) in [6.45, 7) is 9.77. The summed E-state index contributed by atoms with van der Waals surface area (Å²) >= 11 is 0. The molecule has 0 atom stereocenters. The van der Waals surface area contributed by atoms with Crippen LogP contribution in [0.3, 0.4) is 0 Å². The third kappa shape index (κ3) is 5.57. The van der Waals surface area contributed by atoms with Crippen LogP contribution in [0.1, 0.15) is 58.9 Å². The molecule has 5 heteroatoms. The number of rotatable bonds is 11. The number of hydrogen-bond acceptors (Lipinski definition) is 5. The first-order chi connectivity index (χ1) is 14.0. The quantitative estimate of drug-likeness (QED) is 0.312. The lowest BCUT2D eigenvalue weighted by molar-refractivity contribution is 0.0495. The van der Waals surface area contributed by atoms with Gasteiger partial charge in [-0.3, -0.25) is 4.79 Å². The smallest absolute Gasteiger partial charge is 0.338 e. The third-order valence-electron chi connectivity index (χ3n) is 4.54. The SMILES string of the molecule is C=CN(C=C)c1ccc(C(=O)c2ccccc2C(=O)OCCCCCC)c(O)c1. The number of ketones is 1. The zero-order valence-corrected chi connectivity index (χ0v) is 16.8. The largest absolute Gasteiger partial charge is 0.507 e. The van der Waals surface area contributed by atoms with Gasteiger partial charge in [-0.25, -0.2) is 4.79 Å². The predicted molar refractivity (Wildman–Crippen MR) is 115 cm³/mol. The van der Waals surface area contributed by atoms with E-state index in [4.69, 9.17) is 4.74 Å². The second kappa shape index (κ2) is 10.9. The molecule has 0 radical (unpaired) electrons. The van der Waals surface area contributed by atoms with Crippen molar-refractivity contribution in [2.45, 2.75) is 32.6 Å². The fourth-order valence-corrected chi connectivity index (χ4v) is 2.93. The lowest BCUT2D eigenvalue weighted by Crippen LogP contribution is -2.13. The number of anilines is 1. The van der Waals surface area contributed by atoms with Gasteiger partial charge in [0, 0.05) is 29.7 Å². The summed E-state index contributed by atoms with van der Waals surface area (Å²) in [5.41, 5.74) is 1.10. The number of phenolic OH excluding ortho intramolecular Hbond substituents is 1. The van der Waals surface area contributed by atoms with Gasteiger partial charge in [0.2, 0.25) is 0 Å². The third-order valence-corrected chi connectivity index (χ3v) is 4.54. The molecule has 29 heavy (non-hydrogen) atoms. The van der Waals surface area contributed by atoms with E-state index in [1.165, 1.54) is 24.5 Å². The Morgan fingerprint density at radius 2 is 1.69 bits per heavy atom. The van der Waals surface area contributed by atoms with Crippen molar-refractivity contribution in [2.75, 3.05) is 11.5 Å². The van der Waals surface area contributed by atoms with Crippen LogP contribution in [0.5, 0.6) is 5.75 Å². The molecule has 0 saturated carbocycles. The van der Waals surface area contributed by atoms with Crippen LogP contribution >= 0.6 is 0 Å². The molecule has 1 N–H and O–H groups in total. The van der Waals surface area contributed by atoms with Gasteiger partial charge in [-0.05, 0) is 24.6 Å². The first-order valence-electron chi connectivity index (χ1n) is 9.70. The molecule has 5 nitrogen and oxygen atoms in total. The number of carbonyl (C=O) groups excluding carboxylic acids is 2. The highest BCUT2D eigenvalue weighted by Crippen LogP contribution is 2.28. The van der Waals surface area contributed by atoms with Crippen molar-refractivity contribution in [2.24, 2.45) is 0 Å². The van der Waals surface area contributed by atoms with Gasteiger partial charge in [0.1, 0.15) is 5.75 Å². The van der Waals surface area contributed by atoms with Crippen molar-refractivity contribution in [3.8, 4) is 5.75 Å². The molecule has 0 heterocycles. The number of nitrogens with zero attached hydrogens (tertiary/aromatic N) is 1. The van der Waals surface area contributed by atoms with Crippen molar-refractivity contribution >= 4 is 17.4 Å². The minimum absolute atomic E-state index is 0.102. The lowest BCUT2D eigenvalue weighted by atomic mass is 9.97. The Hall–Kier alpha value is -3.34. The second-order valence-electron chi connectivity index (χ2n) is 6.55. The summed E-state index contributed by atoms with van der Waals surface area (Å²) in [5.74, 6) is -1.17. The Bertz CT molecular complexity index is 880. The van der Waals surface area contributed by atoms with Crippen LogP contribution in [0.2, 0.25) is 0 Å². The fourth-order valence-electron chi connectivity index (χ4n) is 2.93. The molecule has 152 valence electrons. The van der Waals surface area contributed by atoms with E-state index in [9.17, 15) is 14.7 Å². The Labute approximate surface area is 171 Å². The van der Waals surface area contributed by atoms with E-state index in [-0.39, 0.29) is 22.4 Å². The highest BCUT2D eigenvalue weighted by molar-refractivity contribution is 6.15. The summed E-state index contributed by atoms with van der Waals surface area (Å²) < 4.78 is 5.33. The lowest BCUT2D eigenvalue weighted by Gasteiger charge is -2.16. The fraction of sp³-hybridized carbons (Fsp3) is 0.250. The number of esters is 1. The molecule has 2 rings (SSSR count). The van der Waals surface area contributed by atoms with E-state index in [1.54, 1.807) is 35.2 Å². The standard InChI is InChI=1S/C24H27NO4/c1-4-7-8-11-16-29-24(28)20-13-10-9-12-19(20)23(27)21-15-14-18(17-22(21)26)25(5-2)6-3/h5-6,9-10,12-15,17,26H,2-4,7-8,11,16H2,1H3. The average molecular weight is 393 g/mol. The summed E-state index contributed by atoms with van der Waals surface area (Å²) in [6.07, 6.45) is 7.06. The van der Waals surface area contributed by atoms with Crippen LogP contribution in [0.25, 0.3) is 0 Å². The van der Waals surface area contributed by atoms with Gasteiger partial charge in [0.25, 0.3) is 0 Å². The van der Waals surface area contributed by atoms with E-state index in [0.29, 0.717) is 12.3 Å². The van der Waals surface area contributed by atoms with Gasteiger partial charge in [-0.2, -0.15) is 0 Å². The van der Waals surface area contributed by atoms with Crippen molar-refractivity contribution < 1.29 is 19.4 Å². The molecule has 0 fully saturated rings. The molecule has 0 saturated heterocycles. The number of carbonyl (C=O) groups is 2. The molecule has 0 bridgehead atoms. The number of benzene rings is 2. The number of phenols is 1. The molecule has 0 amide bonds. The van der Waals surface area contributed by atoms with E-state index in [1.807, 2.05) is 0 Å². The van der Waals surface area contributed by atoms with Gasteiger partial charge in [-0.1, -0.05) is 57.5 Å². The van der Waals surface area contributed by atoms with Gasteiger partial charge in [0.05, 0.1) is 17.7 Å². The maximum atomic E-state index is 13.0. The van der Waals surface area contributed by atoms with Crippen LogP contribution in [0.4, 0.5) is 5.69 Å². The van der Waals surface area contributed by atoms with Gasteiger partial charge in [0.15, 0.2) is 5.78 Å². The number of hydrogen-bond donors (Lipinski definition) is 1. The maximum Gasteiger partial charge on any atom is 0.338 e. The molecular weight excluding hydrogens is 366 g/mol. The van der Waals surface area contributed by atoms with E-state index >= 15 is 0 Å². The Morgan fingerprint density at radius 1 is 1.00 bits per heavy atom. The number of aromatic hydroxyl groups is 1. The molecule has 2 aromatic carbocycles. The van der Waals surface area contributed by atoms with Crippen molar-refractivity contribution in [3.05, 3.63) is 84.7 Å². The van der Waals surface area contributed by atoms with Crippen molar-refractivity contribution in [3.63, 3.8) is 0 Å². The number of unbranched alkanes of at least 4 members (excludes halogenated alkanes) is 3. The maximum absolute atomic E-state index is 13.0. The van der Waals surface area contributed by atoms with E-state index in [0.717, 1.165) is 25.7 Å². The monoisotopic (exact) mass is 393 g/mol. The van der Waals surface area contributed by atoms with E-state index < -0.39 is 11.8 Å². The zero-order chi connectivity index (χ0) is 21.2. The molecule has 0 aromatic heterocycles. The van der Waals surface area contributed by atoms with Crippen LogP contribution < -0.4 is 4.90 Å². The summed E-state index contributed by atoms with van der Waals surface area (Å²) in [4.78, 5) is 27.1. The minimum Gasteiger partial charge on any atom is -0.507 e. The molecular formula is C24H27NO4. The predicted octanol–water partition coefficient (Wildman–Crippen LogP) is 5.45. The van der Waals surface area contributed by atoms with Gasteiger partial charge in [-0.15, -0.1) is 0 Å². The molecule has 0 aliphatic carbocycles. The van der Waals surface area contributed by atoms with Crippen LogP contribution in [0, 0.1) is 0 Å². The number of ether oxygens (including phenoxy) is 1. The Morgan fingerprint density at radius 3 is 2.31 bits per heavy atom. The van der Waals surface area contributed by atoms with Crippen molar-refractivity contribution in [1.29, 1.82) is 0 Å². The molecule has 0 spiro atoms. The van der Waals surface area contributed by atoms with Crippen LogP contribution in [-0.2, 0) is 4.74 Å². The van der Waals surface area contributed by atoms with Crippen LogP contribution in [-0.4, -0.2) is 23.5 Å². The second-order valence-corrected chi connectivity index (χ2v) is 6.55. The van der Waals surface area contributed by atoms with Crippen LogP contribution in [0.15, 0.2) is 68.0 Å². The van der Waals surface area contributed by atoms with Crippen molar-refractivity contribution in [1.82, 2.24) is 0 Å². The highest BCUT2D eigenvalue weighted by Gasteiger charge is 2.21. The molecule has 0 aliphatic rings. The first kappa shape index (κ1) is 22.0.